The van der Waals surface area contributed by atoms with Gasteiger partial charge in [-0.1, -0.05) is 12.1 Å². The predicted molar refractivity (Wildman–Crippen MR) is 101 cm³/mol. The smallest absolute Gasteiger partial charge is 0.261 e. The molecule has 7 heteroatoms. The second-order valence-electron chi connectivity index (χ2n) is 5.81. The summed E-state index contributed by atoms with van der Waals surface area (Å²) in [7, 11) is 0. The van der Waals surface area contributed by atoms with Crippen molar-refractivity contribution in [2.45, 2.75) is 33.0 Å². The number of carbonyl (C=O) groups excluding carboxylic acids is 1. The zero-order valence-corrected chi connectivity index (χ0v) is 16.1. The Labute approximate surface area is 159 Å². The maximum Gasteiger partial charge on any atom is 0.261 e. The Hall–Kier alpha value is -2.41. The Morgan fingerprint density at radius 1 is 1.35 bits per heavy atom. The molecule has 1 amide bonds. The maximum atomic E-state index is 13.1. The molecule has 0 saturated heterocycles. The number of nitrogens with one attached hydrogen (secondary N) is 1. The van der Waals surface area contributed by atoms with Crippen LogP contribution < -0.4 is 10.1 Å². The van der Waals surface area contributed by atoms with Crippen LogP contribution in [0.2, 0.25) is 0 Å². The lowest BCUT2D eigenvalue weighted by molar-refractivity contribution is -0.127. The van der Waals surface area contributed by atoms with Gasteiger partial charge in [-0.05, 0) is 60.1 Å². The summed E-state index contributed by atoms with van der Waals surface area (Å²) in [5.41, 5.74) is 1.94. The normalized spacial score (nSPS) is 12.2. The third kappa shape index (κ3) is 3.88. The van der Waals surface area contributed by atoms with Gasteiger partial charge in [-0.3, -0.25) is 4.79 Å². The minimum Gasteiger partial charge on any atom is -0.480 e. The van der Waals surface area contributed by atoms with Gasteiger partial charge in [-0.2, -0.15) is 0 Å². The molecule has 0 bridgehead atoms. The average molecular weight is 420 g/mol. The second-order valence-corrected chi connectivity index (χ2v) is 6.67. The van der Waals surface area contributed by atoms with Crippen LogP contribution in [0.3, 0.4) is 0 Å². The van der Waals surface area contributed by atoms with Crippen LogP contribution in [0.4, 0.5) is 4.39 Å². The van der Waals surface area contributed by atoms with Crippen LogP contribution in [0.15, 0.2) is 46.9 Å². The number of aromatic nitrogens is 2. The maximum absolute atomic E-state index is 13.1. The van der Waals surface area contributed by atoms with Crippen molar-refractivity contribution in [3.63, 3.8) is 0 Å². The fourth-order valence-corrected chi connectivity index (χ4v) is 3.18. The number of fused-ring (bicyclic) bond motifs is 1. The molecule has 0 aliphatic heterocycles. The van der Waals surface area contributed by atoms with Crippen molar-refractivity contribution < 1.29 is 13.9 Å². The number of para-hydroxylation sites is 2. The molecule has 2 aromatic carbocycles. The molecule has 3 rings (SSSR count). The summed E-state index contributed by atoms with van der Waals surface area (Å²) in [5, 5.41) is 2.85. The van der Waals surface area contributed by atoms with Crippen LogP contribution in [0.1, 0.15) is 19.7 Å². The van der Waals surface area contributed by atoms with Crippen molar-refractivity contribution in [3.8, 4) is 5.75 Å². The van der Waals surface area contributed by atoms with E-state index in [9.17, 15) is 9.18 Å². The first-order chi connectivity index (χ1) is 12.5. The van der Waals surface area contributed by atoms with Crippen LogP contribution in [-0.4, -0.2) is 21.6 Å². The molecule has 5 nitrogen and oxygen atoms in total. The minimum absolute atomic E-state index is 0.268. The van der Waals surface area contributed by atoms with E-state index in [2.05, 4.69) is 30.8 Å². The molecule has 0 aliphatic carbocycles. The van der Waals surface area contributed by atoms with Gasteiger partial charge in [0.25, 0.3) is 5.91 Å². The summed E-state index contributed by atoms with van der Waals surface area (Å²) >= 11 is 3.23. The highest BCUT2D eigenvalue weighted by Gasteiger charge is 2.17. The fourth-order valence-electron chi connectivity index (χ4n) is 2.74. The molecule has 0 radical (unpaired) electrons. The summed E-state index contributed by atoms with van der Waals surface area (Å²) < 4.78 is 21.3. The molecule has 1 unspecified atom stereocenters. The zero-order chi connectivity index (χ0) is 18.7. The Morgan fingerprint density at radius 2 is 2.12 bits per heavy atom. The van der Waals surface area contributed by atoms with Crippen LogP contribution in [0.5, 0.6) is 5.75 Å². The highest BCUT2D eigenvalue weighted by molar-refractivity contribution is 9.10. The summed E-state index contributed by atoms with van der Waals surface area (Å²) in [6.45, 7) is 4.76. The number of nitrogens with zero attached hydrogens (tertiary/aromatic N) is 2. The number of aryl methyl sites for hydroxylation is 1. The molecule has 26 heavy (non-hydrogen) atoms. The van der Waals surface area contributed by atoms with Gasteiger partial charge < -0.3 is 14.6 Å². The molecule has 0 spiro atoms. The minimum atomic E-state index is -0.726. The van der Waals surface area contributed by atoms with Crippen molar-refractivity contribution in [1.29, 1.82) is 0 Å². The van der Waals surface area contributed by atoms with Crippen molar-refractivity contribution >= 4 is 32.9 Å². The van der Waals surface area contributed by atoms with E-state index in [0.717, 1.165) is 23.4 Å². The van der Waals surface area contributed by atoms with Crippen molar-refractivity contribution in [1.82, 2.24) is 14.9 Å². The van der Waals surface area contributed by atoms with Gasteiger partial charge in [-0.15, -0.1) is 0 Å². The molecule has 1 atom stereocenters. The number of hydrogen-bond acceptors (Lipinski definition) is 3. The van der Waals surface area contributed by atoms with Gasteiger partial charge in [0.15, 0.2) is 6.10 Å². The van der Waals surface area contributed by atoms with E-state index in [1.54, 1.807) is 6.92 Å². The number of hydrogen-bond donors (Lipinski definition) is 1. The third-order valence-electron chi connectivity index (χ3n) is 4.04. The van der Waals surface area contributed by atoms with Gasteiger partial charge >= 0.3 is 0 Å². The number of halogens is 2. The molecule has 0 aliphatic rings. The molecule has 1 heterocycles. The van der Waals surface area contributed by atoms with Gasteiger partial charge in [0.05, 0.1) is 22.1 Å². The van der Waals surface area contributed by atoms with Crippen LogP contribution in [0, 0.1) is 5.82 Å². The molecular weight excluding hydrogens is 401 g/mol. The molecule has 136 valence electrons. The number of imidazole rings is 1. The highest BCUT2D eigenvalue weighted by Crippen LogP contribution is 2.26. The largest absolute Gasteiger partial charge is 0.480 e. The monoisotopic (exact) mass is 419 g/mol. The van der Waals surface area contributed by atoms with E-state index in [1.807, 2.05) is 31.2 Å². The number of ether oxygens (including phenoxy) is 1. The van der Waals surface area contributed by atoms with Crippen LogP contribution >= 0.6 is 15.9 Å². The van der Waals surface area contributed by atoms with Crippen molar-refractivity contribution in [2.75, 3.05) is 0 Å². The number of carbonyl (C=O) groups is 1. The summed E-state index contributed by atoms with van der Waals surface area (Å²) in [6, 6.07) is 11.9. The molecule has 1 N–H and O–H groups in total. The van der Waals surface area contributed by atoms with Crippen LogP contribution in [0.25, 0.3) is 11.0 Å². The number of amides is 1. The Kier molecular flexibility index (Phi) is 5.56. The molecule has 3 aromatic rings. The van der Waals surface area contributed by atoms with E-state index in [-0.39, 0.29) is 11.7 Å². The molecule has 0 saturated carbocycles. The Balaban J connectivity index is 1.66. The summed E-state index contributed by atoms with van der Waals surface area (Å²) in [5.74, 6) is 0.558. The van der Waals surface area contributed by atoms with Crippen LogP contribution in [-0.2, 0) is 17.9 Å². The fraction of sp³-hybridized carbons (Fsp3) is 0.263. The van der Waals surface area contributed by atoms with E-state index >= 15 is 0 Å². The standard InChI is InChI=1S/C19H19BrFN3O2/c1-3-24-16-7-5-4-6-15(16)23-18(24)11-22-19(25)12(2)26-17-9-8-13(21)10-14(17)20/h4-10,12H,3,11H2,1-2H3,(H,22,25). The van der Waals surface area contributed by atoms with E-state index in [4.69, 9.17) is 4.74 Å². The number of benzene rings is 2. The van der Waals surface area contributed by atoms with Crippen molar-refractivity contribution in [2.24, 2.45) is 0 Å². The Bertz CT molecular complexity index is 942. The third-order valence-corrected chi connectivity index (χ3v) is 4.66. The van der Waals surface area contributed by atoms with Gasteiger partial charge in [0.1, 0.15) is 17.4 Å². The lowest BCUT2D eigenvalue weighted by Crippen LogP contribution is -2.36. The van der Waals surface area contributed by atoms with Crippen molar-refractivity contribution in [3.05, 3.63) is 58.6 Å². The Morgan fingerprint density at radius 3 is 2.85 bits per heavy atom. The zero-order valence-electron chi connectivity index (χ0n) is 14.5. The van der Waals surface area contributed by atoms with Gasteiger partial charge in [0, 0.05) is 6.54 Å². The van der Waals surface area contributed by atoms with E-state index in [0.29, 0.717) is 16.8 Å². The van der Waals surface area contributed by atoms with E-state index < -0.39 is 6.10 Å². The highest BCUT2D eigenvalue weighted by atomic mass is 79.9. The predicted octanol–water partition coefficient (Wildman–Crippen LogP) is 4.04. The average Bonchev–Trinajstić information content (AvgIpc) is 2.99. The topological polar surface area (TPSA) is 56.2 Å². The SMILES string of the molecule is CCn1c(CNC(=O)C(C)Oc2ccc(F)cc2Br)nc2ccccc21. The first-order valence-corrected chi connectivity index (χ1v) is 9.12. The molecular formula is C19H19BrFN3O2. The number of rotatable bonds is 6. The lowest BCUT2D eigenvalue weighted by Gasteiger charge is -2.16. The second kappa shape index (κ2) is 7.86. The van der Waals surface area contributed by atoms with Gasteiger partial charge in [-0.25, -0.2) is 9.37 Å². The lowest BCUT2D eigenvalue weighted by atomic mass is 10.3. The first-order valence-electron chi connectivity index (χ1n) is 8.33. The summed E-state index contributed by atoms with van der Waals surface area (Å²) in [6.07, 6.45) is -0.726. The summed E-state index contributed by atoms with van der Waals surface area (Å²) in [4.78, 5) is 16.9. The molecule has 1 aromatic heterocycles. The quantitative estimate of drug-likeness (QED) is 0.655. The molecule has 0 fully saturated rings. The first kappa shape index (κ1) is 18.4. The van der Waals surface area contributed by atoms with E-state index in [1.165, 1.54) is 18.2 Å². The van der Waals surface area contributed by atoms with Gasteiger partial charge in [0.2, 0.25) is 0 Å².